The zero-order valence-corrected chi connectivity index (χ0v) is 8.20. The van der Waals surface area contributed by atoms with Gasteiger partial charge < -0.3 is 9.47 Å². The van der Waals surface area contributed by atoms with Crippen LogP contribution in [0.3, 0.4) is 0 Å². The van der Waals surface area contributed by atoms with Gasteiger partial charge in [-0.3, -0.25) is 9.69 Å². The summed E-state index contributed by atoms with van der Waals surface area (Å²) in [5, 5.41) is 0. The summed E-state index contributed by atoms with van der Waals surface area (Å²) in [5.74, 6) is -0.422. The molecule has 0 heterocycles. The van der Waals surface area contributed by atoms with Gasteiger partial charge in [-0.1, -0.05) is 0 Å². The molecule has 0 aromatic carbocycles. The minimum absolute atomic E-state index is 0.0585. The van der Waals surface area contributed by atoms with Gasteiger partial charge in [-0.2, -0.15) is 0 Å². The minimum atomic E-state index is -0.518. The predicted octanol–water partition coefficient (Wildman–Crippen LogP) is 0.638. The Labute approximate surface area is 77.6 Å². The second-order valence-electron chi connectivity index (χ2n) is 2.29. The molecule has 0 saturated carbocycles. The van der Waals surface area contributed by atoms with Crippen LogP contribution < -0.4 is 0 Å². The molecule has 5 nitrogen and oxygen atoms in total. The van der Waals surface area contributed by atoms with Crippen molar-refractivity contribution >= 4 is 12.1 Å². The molecule has 0 N–H and O–H groups in total. The van der Waals surface area contributed by atoms with E-state index in [1.54, 1.807) is 13.8 Å². The number of carbonyl (C=O) groups is 2. The van der Waals surface area contributed by atoms with E-state index in [1.807, 2.05) is 0 Å². The van der Waals surface area contributed by atoms with Gasteiger partial charge in [0.2, 0.25) is 0 Å². The third-order valence-corrected chi connectivity index (χ3v) is 1.44. The summed E-state index contributed by atoms with van der Waals surface area (Å²) in [6, 6.07) is 0. The maximum atomic E-state index is 11.0. The largest absolute Gasteiger partial charge is 0.465 e. The highest BCUT2D eigenvalue weighted by Gasteiger charge is 2.15. The molecule has 0 aliphatic carbocycles. The van der Waals surface area contributed by atoms with E-state index in [9.17, 15) is 9.59 Å². The van der Waals surface area contributed by atoms with Gasteiger partial charge in [0.25, 0.3) is 0 Å². The van der Waals surface area contributed by atoms with Crippen LogP contribution in [-0.4, -0.2) is 43.8 Å². The smallest absolute Gasteiger partial charge is 0.410 e. The number of methoxy groups -OCH3 is 1. The topological polar surface area (TPSA) is 55.8 Å². The molecule has 76 valence electrons. The monoisotopic (exact) mass is 189 g/mol. The molecule has 0 aliphatic rings. The Kier molecular flexibility index (Phi) is 5.67. The molecule has 0 atom stereocenters. The first-order valence-corrected chi connectivity index (χ1v) is 4.14. The van der Waals surface area contributed by atoms with Gasteiger partial charge in [-0.25, -0.2) is 4.79 Å². The van der Waals surface area contributed by atoms with Crippen LogP contribution in [0.5, 0.6) is 0 Å². The second-order valence-corrected chi connectivity index (χ2v) is 2.29. The van der Waals surface area contributed by atoms with Crippen LogP contribution in [0, 0.1) is 0 Å². The lowest BCUT2D eigenvalue weighted by Crippen LogP contribution is -2.36. The molecule has 0 spiro atoms. The number of hydrogen-bond donors (Lipinski definition) is 0. The molecule has 0 saturated heterocycles. The number of esters is 1. The summed E-state index contributed by atoms with van der Waals surface area (Å²) >= 11 is 0. The van der Waals surface area contributed by atoms with Crippen LogP contribution in [0.1, 0.15) is 13.8 Å². The summed E-state index contributed by atoms with van der Waals surface area (Å²) in [6.07, 6.45) is -0.518. The van der Waals surface area contributed by atoms with Crippen molar-refractivity contribution in [3.05, 3.63) is 0 Å². The van der Waals surface area contributed by atoms with Crippen molar-refractivity contribution in [1.82, 2.24) is 4.90 Å². The van der Waals surface area contributed by atoms with E-state index in [0.29, 0.717) is 13.2 Å². The van der Waals surface area contributed by atoms with Crippen molar-refractivity contribution in [3.8, 4) is 0 Å². The molecule has 0 bridgehead atoms. The lowest BCUT2D eigenvalue weighted by molar-refractivity contribution is -0.144. The van der Waals surface area contributed by atoms with Gasteiger partial charge in [-0.05, 0) is 13.8 Å². The van der Waals surface area contributed by atoms with Crippen molar-refractivity contribution in [2.45, 2.75) is 13.8 Å². The van der Waals surface area contributed by atoms with Gasteiger partial charge in [-0.15, -0.1) is 0 Å². The first-order valence-electron chi connectivity index (χ1n) is 4.14. The van der Waals surface area contributed by atoms with Crippen LogP contribution in [0.25, 0.3) is 0 Å². The molecule has 0 aromatic rings. The third-order valence-electron chi connectivity index (χ3n) is 1.44. The molecule has 0 fully saturated rings. The average molecular weight is 189 g/mol. The van der Waals surface area contributed by atoms with Crippen LogP contribution >= 0.6 is 0 Å². The number of carbonyl (C=O) groups excluding carboxylic acids is 2. The zero-order chi connectivity index (χ0) is 10.3. The molecular formula is C8H15NO4. The first kappa shape index (κ1) is 11.7. The normalized spacial score (nSPS) is 9.15. The summed E-state index contributed by atoms with van der Waals surface area (Å²) in [6.45, 7) is 4.16. The number of rotatable bonds is 4. The van der Waals surface area contributed by atoms with Gasteiger partial charge in [0.1, 0.15) is 6.54 Å². The van der Waals surface area contributed by atoms with E-state index in [-0.39, 0.29) is 6.54 Å². The van der Waals surface area contributed by atoms with E-state index in [4.69, 9.17) is 0 Å². The number of hydrogen-bond acceptors (Lipinski definition) is 4. The van der Waals surface area contributed by atoms with E-state index in [0.717, 1.165) is 0 Å². The maximum Gasteiger partial charge on any atom is 0.410 e. The number of ether oxygens (including phenoxy) is 2. The van der Waals surface area contributed by atoms with Crippen molar-refractivity contribution in [2.24, 2.45) is 0 Å². The van der Waals surface area contributed by atoms with Crippen LogP contribution in [0.4, 0.5) is 4.79 Å². The number of amides is 1. The van der Waals surface area contributed by atoms with Gasteiger partial charge >= 0.3 is 12.1 Å². The summed E-state index contributed by atoms with van der Waals surface area (Å²) < 4.78 is 9.14. The van der Waals surface area contributed by atoms with E-state index in [2.05, 4.69) is 9.47 Å². The minimum Gasteiger partial charge on any atom is -0.465 e. The lowest BCUT2D eigenvalue weighted by atomic mass is 10.5. The predicted molar refractivity (Wildman–Crippen MR) is 46.3 cm³/mol. The highest BCUT2D eigenvalue weighted by molar-refractivity contribution is 5.77. The highest BCUT2D eigenvalue weighted by Crippen LogP contribution is 1.93. The van der Waals surface area contributed by atoms with Gasteiger partial charge in [0.05, 0.1) is 13.7 Å². The lowest BCUT2D eigenvalue weighted by Gasteiger charge is -2.17. The Bertz CT molecular complexity index is 181. The Hall–Kier alpha value is -1.26. The molecule has 0 rings (SSSR count). The Balaban J connectivity index is 3.97. The molecule has 0 aliphatic heterocycles. The summed E-state index contributed by atoms with van der Waals surface area (Å²) in [7, 11) is 1.27. The SMILES string of the molecule is CCOC(=O)CN(CC)C(=O)OC. The standard InChI is InChI=1S/C8H15NO4/c1-4-9(8(11)12-3)6-7(10)13-5-2/h4-6H2,1-3H3. The van der Waals surface area contributed by atoms with Crippen molar-refractivity contribution in [2.75, 3.05) is 26.8 Å². The molecule has 5 heteroatoms. The Morgan fingerprint density at radius 1 is 1.31 bits per heavy atom. The fraction of sp³-hybridized carbons (Fsp3) is 0.750. The molecule has 0 unspecified atom stereocenters. The average Bonchev–Trinajstić information content (AvgIpc) is 2.13. The molecule has 0 radical (unpaired) electrons. The molecule has 13 heavy (non-hydrogen) atoms. The van der Waals surface area contributed by atoms with E-state index >= 15 is 0 Å². The quantitative estimate of drug-likeness (QED) is 0.609. The number of nitrogens with zero attached hydrogens (tertiary/aromatic N) is 1. The summed E-state index contributed by atoms with van der Waals surface area (Å²) in [4.78, 5) is 23.2. The first-order chi connectivity index (χ1) is 6.15. The Morgan fingerprint density at radius 2 is 1.92 bits per heavy atom. The van der Waals surface area contributed by atoms with Crippen molar-refractivity contribution in [3.63, 3.8) is 0 Å². The van der Waals surface area contributed by atoms with Crippen molar-refractivity contribution < 1.29 is 19.1 Å². The van der Waals surface area contributed by atoms with E-state index < -0.39 is 12.1 Å². The highest BCUT2D eigenvalue weighted by atomic mass is 16.5. The molecule has 1 amide bonds. The second kappa shape index (κ2) is 6.28. The number of likely N-dealkylation sites (N-methyl/N-ethyl adjacent to an activating group) is 1. The molecule has 0 aromatic heterocycles. The molecular weight excluding hydrogens is 174 g/mol. The Morgan fingerprint density at radius 3 is 2.31 bits per heavy atom. The van der Waals surface area contributed by atoms with Crippen LogP contribution in [-0.2, 0) is 14.3 Å². The van der Waals surface area contributed by atoms with E-state index in [1.165, 1.54) is 12.0 Å². The fourth-order valence-corrected chi connectivity index (χ4v) is 0.797. The van der Waals surface area contributed by atoms with Crippen LogP contribution in [0.2, 0.25) is 0 Å². The van der Waals surface area contributed by atoms with Gasteiger partial charge in [0.15, 0.2) is 0 Å². The van der Waals surface area contributed by atoms with Gasteiger partial charge in [0, 0.05) is 6.54 Å². The zero-order valence-electron chi connectivity index (χ0n) is 8.20. The van der Waals surface area contributed by atoms with Crippen molar-refractivity contribution in [1.29, 1.82) is 0 Å². The maximum absolute atomic E-state index is 11.0. The fourth-order valence-electron chi connectivity index (χ4n) is 0.797. The third kappa shape index (κ3) is 4.35. The summed E-state index contributed by atoms with van der Waals surface area (Å²) in [5.41, 5.74) is 0. The van der Waals surface area contributed by atoms with Crippen LogP contribution in [0.15, 0.2) is 0 Å².